The first-order valence-corrected chi connectivity index (χ1v) is 9.40. The monoisotopic (exact) mass is 329 g/mol. The highest BCUT2D eigenvalue weighted by molar-refractivity contribution is 6.32. The third-order valence-corrected chi connectivity index (χ3v) is 5.47. The molecule has 0 amide bonds. The van der Waals surface area contributed by atoms with E-state index in [-0.39, 0.29) is 11.8 Å². The zero-order valence-corrected chi connectivity index (χ0v) is 14.8. The SMILES string of the molecule is Bc1ccc2c(c1)C(NC1CCCCC1)/C(=C\c1ccccc1)C2=O. The van der Waals surface area contributed by atoms with Gasteiger partial charge in [-0.05, 0) is 30.0 Å². The molecule has 1 unspecified atom stereocenters. The minimum absolute atomic E-state index is 0.0192. The topological polar surface area (TPSA) is 29.1 Å². The molecule has 1 fully saturated rings. The van der Waals surface area contributed by atoms with Gasteiger partial charge in [0.25, 0.3) is 0 Å². The Morgan fingerprint density at radius 2 is 1.76 bits per heavy atom. The molecule has 0 heterocycles. The van der Waals surface area contributed by atoms with Crippen LogP contribution in [-0.2, 0) is 0 Å². The molecule has 0 bridgehead atoms. The smallest absolute Gasteiger partial charge is 0.191 e. The lowest BCUT2D eigenvalue weighted by Crippen LogP contribution is -2.34. The van der Waals surface area contributed by atoms with Gasteiger partial charge >= 0.3 is 0 Å². The molecule has 0 saturated heterocycles. The van der Waals surface area contributed by atoms with Crippen molar-refractivity contribution in [1.29, 1.82) is 0 Å². The van der Waals surface area contributed by atoms with E-state index in [1.54, 1.807) is 0 Å². The fourth-order valence-electron chi connectivity index (χ4n) is 4.14. The fraction of sp³-hybridized carbons (Fsp3) is 0.318. The fourth-order valence-corrected chi connectivity index (χ4v) is 4.14. The Morgan fingerprint density at radius 3 is 2.52 bits per heavy atom. The molecule has 0 spiro atoms. The second-order valence-corrected chi connectivity index (χ2v) is 7.36. The van der Waals surface area contributed by atoms with Crippen molar-refractivity contribution < 1.29 is 4.79 Å². The molecule has 4 rings (SSSR count). The number of carbonyl (C=O) groups excluding carboxylic acids is 1. The predicted octanol–water partition coefficient (Wildman–Crippen LogP) is 3.19. The molecule has 1 atom stereocenters. The highest BCUT2D eigenvalue weighted by Crippen LogP contribution is 2.37. The lowest BCUT2D eigenvalue weighted by Gasteiger charge is -2.27. The van der Waals surface area contributed by atoms with Crippen molar-refractivity contribution in [3.63, 3.8) is 0 Å². The molecule has 2 nitrogen and oxygen atoms in total. The number of benzene rings is 2. The molecule has 2 aliphatic carbocycles. The van der Waals surface area contributed by atoms with Crippen LogP contribution < -0.4 is 10.8 Å². The molecule has 2 aromatic rings. The van der Waals surface area contributed by atoms with E-state index >= 15 is 0 Å². The normalized spacial score (nSPS) is 22.3. The van der Waals surface area contributed by atoms with E-state index in [9.17, 15) is 4.79 Å². The maximum Gasteiger partial charge on any atom is 0.191 e. The molecule has 1 N–H and O–H groups in total. The zero-order chi connectivity index (χ0) is 17.2. The van der Waals surface area contributed by atoms with Gasteiger partial charge in [0.15, 0.2) is 5.78 Å². The van der Waals surface area contributed by atoms with Crippen LogP contribution >= 0.6 is 0 Å². The summed E-state index contributed by atoms with van der Waals surface area (Å²) in [5.74, 6) is 0.173. The summed E-state index contributed by atoms with van der Waals surface area (Å²) in [4.78, 5) is 13.1. The average Bonchev–Trinajstić information content (AvgIpc) is 2.89. The molecule has 126 valence electrons. The predicted molar refractivity (Wildman–Crippen MR) is 106 cm³/mol. The maximum absolute atomic E-state index is 13.1. The minimum Gasteiger partial charge on any atom is -0.303 e. The number of hydrogen-bond donors (Lipinski definition) is 1. The highest BCUT2D eigenvalue weighted by Gasteiger charge is 2.35. The van der Waals surface area contributed by atoms with E-state index in [0.717, 1.165) is 22.3 Å². The van der Waals surface area contributed by atoms with Gasteiger partial charge in [-0.25, -0.2) is 0 Å². The van der Waals surface area contributed by atoms with Crippen molar-refractivity contribution in [2.24, 2.45) is 0 Å². The van der Waals surface area contributed by atoms with E-state index in [1.165, 1.54) is 37.6 Å². The van der Waals surface area contributed by atoms with E-state index in [1.807, 2.05) is 30.3 Å². The Kier molecular flexibility index (Phi) is 4.58. The van der Waals surface area contributed by atoms with Crippen molar-refractivity contribution in [3.8, 4) is 0 Å². The summed E-state index contributed by atoms with van der Waals surface area (Å²) >= 11 is 0. The second kappa shape index (κ2) is 7.01. The van der Waals surface area contributed by atoms with Crippen LogP contribution in [-0.4, -0.2) is 19.7 Å². The highest BCUT2D eigenvalue weighted by atomic mass is 16.1. The third-order valence-electron chi connectivity index (χ3n) is 5.47. The van der Waals surface area contributed by atoms with E-state index in [4.69, 9.17) is 0 Å². The van der Waals surface area contributed by atoms with Gasteiger partial charge in [-0.2, -0.15) is 0 Å². The summed E-state index contributed by atoms with van der Waals surface area (Å²) in [7, 11) is 2.10. The molecule has 0 radical (unpaired) electrons. The van der Waals surface area contributed by atoms with Gasteiger partial charge in [0.05, 0.1) is 6.04 Å². The number of nitrogens with one attached hydrogen (secondary N) is 1. The largest absolute Gasteiger partial charge is 0.303 e. The van der Waals surface area contributed by atoms with Crippen LogP contribution in [0.1, 0.15) is 59.6 Å². The summed E-state index contributed by atoms with van der Waals surface area (Å²) in [6.07, 6.45) is 8.41. The number of rotatable bonds is 3. The number of ketones is 1. The molecule has 1 saturated carbocycles. The number of fused-ring (bicyclic) bond motifs is 1. The molecule has 0 aromatic heterocycles. The number of hydrogen-bond acceptors (Lipinski definition) is 2. The first-order chi connectivity index (χ1) is 12.2. The van der Waals surface area contributed by atoms with Gasteiger partial charge in [-0.15, -0.1) is 0 Å². The minimum atomic E-state index is 0.0192. The molecule has 2 aromatic carbocycles. The Labute approximate surface area is 150 Å². The molecule has 3 heteroatoms. The van der Waals surface area contributed by atoms with Crippen molar-refractivity contribution >= 4 is 25.2 Å². The van der Waals surface area contributed by atoms with Gasteiger partial charge in [0.2, 0.25) is 0 Å². The molecular weight excluding hydrogens is 305 g/mol. The van der Waals surface area contributed by atoms with Crippen LogP contribution in [0.2, 0.25) is 0 Å². The van der Waals surface area contributed by atoms with Crippen LogP contribution in [0.5, 0.6) is 0 Å². The van der Waals surface area contributed by atoms with Crippen LogP contribution in [0.25, 0.3) is 6.08 Å². The summed E-state index contributed by atoms with van der Waals surface area (Å²) in [5, 5.41) is 3.81. The summed E-state index contributed by atoms with van der Waals surface area (Å²) in [6.45, 7) is 0. The van der Waals surface area contributed by atoms with Crippen LogP contribution in [0.3, 0.4) is 0 Å². The van der Waals surface area contributed by atoms with Crippen molar-refractivity contribution in [2.45, 2.75) is 44.2 Å². The van der Waals surface area contributed by atoms with E-state index in [0.29, 0.717) is 6.04 Å². The zero-order valence-electron chi connectivity index (χ0n) is 14.8. The standard InChI is InChI=1S/C22H24BNO/c23-16-11-12-18-19(14-16)21(24-17-9-5-2-6-10-17)20(22(18)25)13-15-7-3-1-4-8-15/h1,3-4,7-8,11-14,17,21,24H,2,5-6,9-10,23H2/b20-13+. The van der Waals surface area contributed by atoms with Gasteiger partial charge in [-0.1, -0.05) is 73.3 Å². The first kappa shape index (κ1) is 16.3. The van der Waals surface area contributed by atoms with Crippen LogP contribution in [0, 0.1) is 0 Å². The van der Waals surface area contributed by atoms with Crippen LogP contribution in [0.4, 0.5) is 0 Å². The number of carbonyl (C=O) groups is 1. The molecule has 25 heavy (non-hydrogen) atoms. The van der Waals surface area contributed by atoms with Gasteiger partial charge in [0.1, 0.15) is 7.85 Å². The van der Waals surface area contributed by atoms with Crippen molar-refractivity contribution in [3.05, 3.63) is 70.8 Å². The summed E-state index contributed by atoms with van der Waals surface area (Å²) < 4.78 is 0. The van der Waals surface area contributed by atoms with Crippen LogP contribution in [0.15, 0.2) is 54.1 Å². The molecule has 2 aliphatic rings. The first-order valence-electron chi connectivity index (χ1n) is 9.40. The Bertz CT molecular complexity index is 806. The maximum atomic E-state index is 13.1. The van der Waals surface area contributed by atoms with Crippen molar-refractivity contribution in [1.82, 2.24) is 5.32 Å². The Morgan fingerprint density at radius 1 is 1.00 bits per heavy atom. The Balaban J connectivity index is 1.73. The third kappa shape index (κ3) is 3.34. The van der Waals surface area contributed by atoms with E-state index in [2.05, 4.69) is 37.4 Å². The van der Waals surface area contributed by atoms with Gasteiger partial charge < -0.3 is 5.32 Å². The summed E-state index contributed by atoms with van der Waals surface area (Å²) in [6, 6.07) is 16.9. The second-order valence-electron chi connectivity index (χ2n) is 7.36. The summed E-state index contributed by atoms with van der Waals surface area (Å²) in [5.41, 5.74) is 5.20. The van der Waals surface area contributed by atoms with Crippen molar-refractivity contribution in [2.75, 3.05) is 0 Å². The quantitative estimate of drug-likeness (QED) is 0.692. The average molecular weight is 329 g/mol. The Hall–Kier alpha value is -2.13. The van der Waals surface area contributed by atoms with Gasteiger partial charge in [0, 0.05) is 17.2 Å². The van der Waals surface area contributed by atoms with Gasteiger partial charge in [-0.3, -0.25) is 4.79 Å². The lowest BCUT2D eigenvalue weighted by atomic mass is 9.90. The lowest BCUT2D eigenvalue weighted by molar-refractivity contribution is 0.103. The molecule has 0 aliphatic heterocycles. The number of Topliss-reactive ketones (excluding diaryl/α,β-unsaturated/α-hetero) is 1. The van der Waals surface area contributed by atoms with E-state index < -0.39 is 0 Å². The molecular formula is C22H24BNO.